The fourth-order valence-electron chi connectivity index (χ4n) is 2.39. The van der Waals surface area contributed by atoms with Gasteiger partial charge in [0.1, 0.15) is 5.58 Å². The van der Waals surface area contributed by atoms with Gasteiger partial charge >= 0.3 is 0 Å². The number of benzene rings is 1. The Bertz CT molecular complexity index is 544. The molecule has 0 saturated carbocycles. The maximum atomic E-state index is 11.8. The smallest absolute Gasteiger partial charge is 0.155 e. The van der Waals surface area contributed by atoms with Crippen LogP contribution in [-0.2, 0) is 4.79 Å². The summed E-state index contributed by atoms with van der Waals surface area (Å²) in [4.78, 5) is 13.9. The van der Waals surface area contributed by atoms with Gasteiger partial charge in [-0.2, -0.15) is 0 Å². The van der Waals surface area contributed by atoms with Crippen LogP contribution in [0.4, 0.5) is 0 Å². The molecule has 1 atom stereocenters. The van der Waals surface area contributed by atoms with Gasteiger partial charge in [0.05, 0.1) is 12.3 Å². The van der Waals surface area contributed by atoms with Crippen molar-refractivity contribution in [2.45, 2.75) is 12.5 Å². The van der Waals surface area contributed by atoms with Crippen molar-refractivity contribution in [3.05, 3.63) is 36.1 Å². The molecule has 2 heterocycles. The highest BCUT2D eigenvalue weighted by Crippen LogP contribution is 2.29. The topological polar surface area (TPSA) is 33.5 Å². The van der Waals surface area contributed by atoms with Gasteiger partial charge in [-0.3, -0.25) is 9.69 Å². The van der Waals surface area contributed by atoms with Crippen LogP contribution in [0.15, 0.2) is 34.9 Å². The molecule has 0 radical (unpaired) electrons. The number of nitrogens with zero attached hydrogens (tertiary/aromatic N) is 1. The van der Waals surface area contributed by atoms with Gasteiger partial charge in [0.15, 0.2) is 5.78 Å². The largest absolute Gasteiger partial charge is 0.464 e. The fraction of sp³-hybridized carbons (Fsp3) is 0.308. The minimum atomic E-state index is -0.0701. The Balaban J connectivity index is 2.07. The summed E-state index contributed by atoms with van der Waals surface area (Å²) >= 11 is 0. The van der Waals surface area contributed by atoms with Crippen molar-refractivity contribution in [1.82, 2.24) is 4.90 Å². The van der Waals surface area contributed by atoms with Crippen LogP contribution in [-0.4, -0.2) is 24.3 Å². The number of carbonyl (C=O) groups is 1. The second-order valence-electron chi connectivity index (χ2n) is 4.32. The number of likely N-dealkylation sites (tertiary alicyclic amines) is 1. The lowest BCUT2D eigenvalue weighted by molar-refractivity contribution is -0.119. The Kier molecular flexibility index (Phi) is 2.07. The summed E-state index contributed by atoms with van der Waals surface area (Å²) in [5.74, 6) is 0.311. The number of Topliss-reactive ketones (excluding diaryl/α,β-unsaturated/α-hetero) is 1. The SMILES string of the molecule is CN1CCC(=O)C1c1ccc2occc2c1. The molecule has 1 aliphatic rings. The van der Waals surface area contributed by atoms with Crippen molar-refractivity contribution in [2.75, 3.05) is 13.6 Å². The van der Waals surface area contributed by atoms with Crippen molar-refractivity contribution in [3.63, 3.8) is 0 Å². The van der Waals surface area contributed by atoms with Crippen molar-refractivity contribution < 1.29 is 9.21 Å². The second kappa shape index (κ2) is 3.46. The Labute approximate surface area is 93.6 Å². The summed E-state index contributed by atoms with van der Waals surface area (Å²) < 4.78 is 5.29. The van der Waals surface area contributed by atoms with Gasteiger partial charge < -0.3 is 4.42 Å². The van der Waals surface area contributed by atoms with Gasteiger partial charge in [0.2, 0.25) is 0 Å². The van der Waals surface area contributed by atoms with E-state index >= 15 is 0 Å². The number of carbonyl (C=O) groups excluding carboxylic acids is 1. The predicted octanol–water partition coefficient (Wildman–Crippen LogP) is 2.38. The number of hydrogen-bond acceptors (Lipinski definition) is 3. The number of ketones is 1. The Morgan fingerprint density at radius 3 is 3.00 bits per heavy atom. The molecule has 1 saturated heterocycles. The number of rotatable bonds is 1. The van der Waals surface area contributed by atoms with Crippen LogP contribution in [0.3, 0.4) is 0 Å². The van der Waals surface area contributed by atoms with E-state index in [4.69, 9.17) is 4.42 Å². The van der Waals surface area contributed by atoms with E-state index in [1.807, 2.05) is 31.3 Å². The van der Waals surface area contributed by atoms with E-state index in [0.717, 1.165) is 23.1 Å². The van der Waals surface area contributed by atoms with Gasteiger partial charge in [-0.15, -0.1) is 0 Å². The van der Waals surface area contributed by atoms with Crippen LogP contribution in [0.1, 0.15) is 18.0 Å². The molecule has 0 bridgehead atoms. The summed E-state index contributed by atoms with van der Waals surface area (Å²) in [7, 11) is 2.00. The molecule has 1 fully saturated rings. The van der Waals surface area contributed by atoms with E-state index in [0.29, 0.717) is 12.2 Å². The van der Waals surface area contributed by atoms with E-state index < -0.39 is 0 Å². The first kappa shape index (κ1) is 9.60. The Morgan fingerprint density at radius 2 is 2.25 bits per heavy atom. The zero-order valence-corrected chi connectivity index (χ0v) is 9.14. The van der Waals surface area contributed by atoms with Crippen LogP contribution in [0.25, 0.3) is 11.0 Å². The number of hydrogen-bond donors (Lipinski definition) is 0. The van der Waals surface area contributed by atoms with E-state index in [1.165, 1.54) is 0 Å². The molecule has 1 aromatic carbocycles. The summed E-state index contributed by atoms with van der Waals surface area (Å²) in [5.41, 5.74) is 1.94. The third-order valence-corrected chi connectivity index (χ3v) is 3.25. The molecule has 16 heavy (non-hydrogen) atoms. The maximum Gasteiger partial charge on any atom is 0.155 e. The summed E-state index contributed by atoms with van der Waals surface area (Å²) in [5, 5.41) is 1.06. The summed E-state index contributed by atoms with van der Waals surface area (Å²) in [6, 6.07) is 7.82. The van der Waals surface area contributed by atoms with E-state index in [-0.39, 0.29) is 6.04 Å². The molecule has 82 valence electrons. The van der Waals surface area contributed by atoms with Gasteiger partial charge in [0, 0.05) is 18.4 Å². The third-order valence-electron chi connectivity index (χ3n) is 3.25. The molecule has 1 unspecified atom stereocenters. The Hall–Kier alpha value is -1.61. The van der Waals surface area contributed by atoms with E-state index in [2.05, 4.69) is 4.90 Å². The first-order valence-electron chi connectivity index (χ1n) is 5.46. The quantitative estimate of drug-likeness (QED) is 0.732. The lowest BCUT2D eigenvalue weighted by Crippen LogP contribution is -2.20. The van der Waals surface area contributed by atoms with Crippen molar-refractivity contribution in [2.24, 2.45) is 0 Å². The first-order chi connectivity index (χ1) is 7.75. The molecule has 2 aromatic rings. The number of fused-ring (bicyclic) bond motifs is 1. The Morgan fingerprint density at radius 1 is 1.38 bits per heavy atom. The maximum absolute atomic E-state index is 11.8. The van der Waals surface area contributed by atoms with Gasteiger partial charge in [-0.25, -0.2) is 0 Å². The van der Waals surface area contributed by atoms with Gasteiger partial charge in [0.25, 0.3) is 0 Å². The fourth-order valence-corrected chi connectivity index (χ4v) is 2.39. The molecule has 3 rings (SSSR count). The minimum Gasteiger partial charge on any atom is -0.464 e. The standard InChI is InChI=1S/C13H13NO2/c1-14-6-4-11(15)13(14)10-2-3-12-9(8-10)5-7-16-12/h2-3,5,7-8,13H,4,6H2,1H3. The average Bonchev–Trinajstić information content (AvgIpc) is 2.85. The number of furan rings is 1. The molecule has 3 nitrogen and oxygen atoms in total. The lowest BCUT2D eigenvalue weighted by atomic mass is 10.0. The molecule has 1 aromatic heterocycles. The van der Waals surface area contributed by atoms with Crippen molar-refractivity contribution in [1.29, 1.82) is 0 Å². The van der Waals surface area contributed by atoms with Crippen LogP contribution in [0.5, 0.6) is 0 Å². The zero-order chi connectivity index (χ0) is 11.1. The molecule has 0 aliphatic carbocycles. The number of likely N-dealkylation sites (N-methyl/N-ethyl adjacent to an activating group) is 1. The molecule has 0 amide bonds. The van der Waals surface area contributed by atoms with Crippen LogP contribution in [0, 0.1) is 0 Å². The van der Waals surface area contributed by atoms with E-state index in [9.17, 15) is 4.79 Å². The molecule has 1 aliphatic heterocycles. The molecule has 0 N–H and O–H groups in total. The van der Waals surface area contributed by atoms with E-state index in [1.54, 1.807) is 6.26 Å². The van der Waals surface area contributed by atoms with Crippen LogP contribution >= 0.6 is 0 Å². The highest BCUT2D eigenvalue weighted by molar-refractivity contribution is 5.89. The summed E-state index contributed by atoms with van der Waals surface area (Å²) in [6.45, 7) is 0.854. The van der Waals surface area contributed by atoms with Gasteiger partial charge in [-0.05, 0) is 30.8 Å². The third kappa shape index (κ3) is 1.36. The van der Waals surface area contributed by atoms with Crippen molar-refractivity contribution in [3.8, 4) is 0 Å². The summed E-state index contributed by atoms with van der Waals surface area (Å²) in [6.07, 6.45) is 2.33. The first-order valence-corrected chi connectivity index (χ1v) is 5.46. The minimum absolute atomic E-state index is 0.0701. The second-order valence-corrected chi connectivity index (χ2v) is 4.32. The molecule has 0 spiro atoms. The monoisotopic (exact) mass is 215 g/mol. The highest BCUT2D eigenvalue weighted by Gasteiger charge is 2.30. The lowest BCUT2D eigenvalue weighted by Gasteiger charge is -2.18. The molecule has 3 heteroatoms. The average molecular weight is 215 g/mol. The normalized spacial score (nSPS) is 22.1. The van der Waals surface area contributed by atoms with Crippen LogP contribution < -0.4 is 0 Å². The van der Waals surface area contributed by atoms with Crippen LogP contribution in [0.2, 0.25) is 0 Å². The van der Waals surface area contributed by atoms with Crippen molar-refractivity contribution >= 4 is 16.8 Å². The molecular formula is C13H13NO2. The zero-order valence-electron chi connectivity index (χ0n) is 9.14. The predicted molar refractivity (Wildman–Crippen MR) is 61.2 cm³/mol. The van der Waals surface area contributed by atoms with Gasteiger partial charge in [-0.1, -0.05) is 6.07 Å². The molecular weight excluding hydrogens is 202 g/mol. The highest BCUT2D eigenvalue weighted by atomic mass is 16.3.